The average Bonchev–Trinajstić information content (AvgIpc) is 2.70. The van der Waals surface area contributed by atoms with Crippen LogP contribution in [0.1, 0.15) is 38.8 Å². The molecular formula is C24H20O6. The van der Waals surface area contributed by atoms with Gasteiger partial charge < -0.3 is 14.2 Å². The van der Waals surface area contributed by atoms with Gasteiger partial charge in [-0.25, -0.2) is 9.59 Å². The van der Waals surface area contributed by atoms with E-state index in [4.69, 9.17) is 14.2 Å². The number of ether oxygens (including phenoxy) is 3. The monoisotopic (exact) mass is 404 g/mol. The van der Waals surface area contributed by atoms with Crippen LogP contribution >= 0.6 is 0 Å². The van der Waals surface area contributed by atoms with Gasteiger partial charge in [0.25, 0.3) is 0 Å². The Labute approximate surface area is 174 Å². The van der Waals surface area contributed by atoms with Crippen molar-refractivity contribution in [2.45, 2.75) is 20.8 Å². The van der Waals surface area contributed by atoms with Gasteiger partial charge in [-0.05, 0) is 74.0 Å². The molecule has 3 rings (SSSR count). The Balaban J connectivity index is 1.66. The SMILES string of the molecule is CC(=O)Oc1ccc(C(=O)Oc2ccc(OC(=O)c3ccc(C)cc3)cc2C)cc1. The van der Waals surface area contributed by atoms with E-state index in [2.05, 4.69) is 0 Å². The molecule has 0 aliphatic heterocycles. The predicted molar refractivity (Wildman–Crippen MR) is 110 cm³/mol. The Morgan fingerprint density at radius 1 is 0.633 bits per heavy atom. The molecule has 6 nitrogen and oxygen atoms in total. The van der Waals surface area contributed by atoms with Crippen molar-refractivity contribution in [2.24, 2.45) is 0 Å². The minimum Gasteiger partial charge on any atom is -0.427 e. The van der Waals surface area contributed by atoms with Crippen LogP contribution in [0.3, 0.4) is 0 Å². The minimum absolute atomic E-state index is 0.306. The van der Waals surface area contributed by atoms with Crippen LogP contribution in [-0.2, 0) is 4.79 Å². The number of carbonyl (C=O) groups excluding carboxylic acids is 3. The van der Waals surface area contributed by atoms with Crippen LogP contribution in [0.15, 0.2) is 66.7 Å². The first-order chi connectivity index (χ1) is 14.3. The van der Waals surface area contributed by atoms with E-state index in [9.17, 15) is 14.4 Å². The zero-order chi connectivity index (χ0) is 21.7. The molecule has 0 aromatic heterocycles. The molecule has 3 aromatic carbocycles. The molecule has 0 amide bonds. The molecule has 0 heterocycles. The number of esters is 3. The maximum absolute atomic E-state index is 12.4. The van der Waals surface area contributed by atoms with E-state index < -0.39 is 17.9 Å². The predicted octanol–water partition coefficient (Wildman–Crippen LogP) is 4.67. The quantitative estimate of drug-likeness (QED) is 0.454. The first-order valence-corrected chi connectivity index (χ1v) is 9.22. The standard InChI is InChI=1S/C24H20O6/c1-15-4-6-18(7-5-15)23(26)29-21-12-13-22(16(2)14-21)30-24(27)19-8-10-20(11-9-19)28-17(3)25/h4-14H,1-3H3. The number of benzene rings is 3. The Hall–Kier alpha value is -3.93. The second-order valence-corrected chi connectivity index (χ2v) is 6.69. The van der Waals surface area contributed by atoms with Crippen molar-refractivity contribution in [3.63, 3.8) is 0 Å². The highest BCUT2D eigenvalue weighted by Gasteiger charge is 2.13. The number of rotatable bonds is 5. The topological polar surface area (TPSA) is 78.9 Å². The second-order valence-electron chi connectivity index (χ2n) is 6.69. The smallest absolute Gasteiger partial charge is 0.343 e. The van der Waals surface area contributed by atoms with Crippen molar-refractivity contribution < 1.29 is 28.6 Å². The van der Waals surface area contributed by atoms with Crippen molar-refractivity contribution in [2.75, 3.05) is 0 Å². The molecule has 30 heavy (non-hydrogen) atoms. The summed E-state index contributed by atoms with van der Waals surface area (Å²) in [4.78, 5) is 35.6. The summed E-state index contributed by atoms with van der Waals surface area (Å²) in [5.74, 6) is -0.425. The molecule has 0 atom stereocenters. The largest absolute Gasteiger partial charge is 0.427 e. The van der Waals surface area contributed by atoms with Crippen LogP contribution in [0.5, 0.6) is 17.2 Å². The summed E-state index contributed by atoms with van der Waals surface area (Å²) in [6.07, 6.45) is 0. The van der Waals surface area contributed by atoms with Crippen LogP contribution < -0.4 is 14.2 Å². The third-order valence-corrected chi connectivity index (χ3v) is 4.20. The van der Waals surface area contributed by atoms with E-state index in [1.54, 1.807) is 37.3 Å². The summed E-state index contributed by atoms with van der Waals surface area (Å²) < 4.78 is 15.7. The summed E-state index contributed by atoms with van der Waals surface area (Å²) in [7, 11) is 0. The number of carbonyl (C=O) groups is 3. The van der Waals surface area contributed by atoms with E-state index in [0.29, 0.717) is 33.9 Å². The van der Waals surface area contributed by atoms with Gasteiger partial charge in [-0.15, -0.1) is 0 Å². The lowest BCUT2D eigenvalue weighted by Crippen LogP contribution is -2.11. The van der Waals surface area contributed by atoms with Crippen molar-refractivity contribution in [3.8, 4) is 17.2 Å². The van der Waals surface area contributed by atoms with Gasteiger partial charge >= 0.3 is 17.9 Å². The zero-order valence-corrected chi connectivity index (χ0v) is 16.8. The van der Waals surface area contributed by atoms with Crippen LogP contribution in [0, 0.1) is 13.8 Å². The van der Waals surface area contributed by atoms with E-state index >= 15 is 0 Å². The molecule has 0 fully saturated rings. The first kappa shape index (κ1) is 20.8. The van der Waals surface area contributed by atoms with Crippen molar-refractivity contribution in [1.82, 2.24) is 0 Å². The summed E-state index contributed by atoms with van der Waals surface area (Å²) >= 11 is 0. The summed E-state index contributed by atoms with van der Waals surface area (Å²) in [6.45, 7) is 4.98. The normalized spacial score (nSPS) is 10.2. The van der Waals surface area contributed by atoms with Gasteiger partial charge in [-0.2, -0.15) is 0 Å². The van der Waals surface area contributed by atoms with Crippen LogP contribution in [0.4, 0.5) is 0 Å². The summed E-state index contributed by atoms with van der Waals surface area (Å²) in [5.41, 5.74) is 2.44. The lowest BCUT2D eigenvalue weighted by atomic mass is 10.1. The third-order valence-electron chi connectivity index (χ3n) is 4.20. The molecule has 0 unspecified atom stereocenters. The van der Waals surface area contributed by atoms with Gasteiger partial charge in [0, 0.05) is 6.92 Å². The van der Waals surface area contributed by atoms with Crippen molar-refractivity contribution >= 4 is 17.9 Å². The van der Waals surface area contributed by atoms with E-state index in [-0.39, 0.29) is 0 Å². The van der Waals surface area contributed by atoms with Gasteiger partial charge in [-0.1, -0.05) is 17.7 Å². The molecule has 0 bridgehead atoms. The third kappa shape index (κ3) is 5.32. The number of aryl methyl sites for hydroxylation is 2. The highest BCUT2D eigenvalue weighted by Crippen LogP contribution is 2.25. The van der Waals surface area contributed by atoms with Gasteiger partial charge in [0.1, 0.15) is 17.2 Å². The fraction of sp³-hybridized carbons (Fsp3) is 0.125. The molecule has 3 aromatic rings. The Kier molecular flexibility index (Phi) is 6.27. The average molecular weight is 404 g/mol. The van der Waals surface area contributed by atoms with Crippen LogP contribution in [-0.4, -0.2) is 17.9 Å². The lowest BCUT2D eigenvalue weighted by Gasteiger charge is -2.10. The maximum Gasteiger partial charge on any atom is 0.343 e. The molecule has 0 saturated carbocycles. The van der Waals surface area contributed by atoms with Gasteiger partial charge in [0.2, 0.25) is 0 Å². The van der Waals surface area contributed by atoms with Crippen LogP contribution in [0.2, 0.25) is 0 Å². The summed E-state index contributed by atoms with van der Waals surface area (Å²) in [5, 5.41) is 0. The molecule has 0 aliphatic carbocycles. The van der Waals surface area contributed by atoms with Gasteiger partial charge in [0.05, 0.1) is 11.1 Å². The van der Waals surface area contributed by atoms with Gasteiger partial charge in [0.15, 0.2) is 0 Å². The first-order valence-electron chi connectivity index (χ1n) is 9.22. The molecule has 0 radical (unpaired) electrons. The Morgan fingerprint density at radius 3 is 1.73 bits per heavy atom. The van der Waals surface area contributed by atoms with E-state index in [1.165, 1.54) is 31.2 Å². The van der Waals surface area contributed by atoms with E-state index in [1.807, 2.05) is 19.1 Å². The molecule has 0 aliphatic rings. The Bertz CT molecular complexity index is 1080. The highest BCUT2D eigenvalue weighted by atomic mass is 16.5. The molecule has 0 spiro atoms. The van der Waals surface area contributed by atoms with Crippen molar-refractivity contribution in [1.29, 1.82) is 0 Å². The second kappa shape index (κ2) is 9.05. The fourth-order valence-electron chi connectivity index (χ4n) is 2.64. The molecule has 6 heteroatoms. The fourth-order valence-corrected chi connectivity index (χ4v) is 2.64. The molecule has 0 saturated heterocycles. The minimum atomic E-state index is -0.558. The number of hydrogen-bond acceptors (Lipinski definition) is 6. The van der Waals surface area contributed by atoms with E-state index in [0.717, 1.165) is 5.56 Å². The zero-order valence-electron chi connectivity index (χ0n) is 16.8. The molecule has 0 N–H and O–H groups in total. The highest BCUT2D eigenvalue weighted by molar-refractivity contribution is 5.92. The maximum atomic E-state index is 12.4. The summed E-state index contributed by atoms with van der Waals surface area (Å²) in [6, 6.07) is 17.9. The van der Waals surface area contributed by atoms with Gasteiger partial charge in [-0.3, -0.25) is 4.79 Å². The van der Waals surface area contributed by atoms with Crippen LogP contribution in [0.25, 0.3) is 0 Å². The number of hydrogen-bond donors (Lipinski definition) is 0. The van der Waals surface area contributed by atoms with Crippen molar-refractivity contribution in [3.05, 3.63) is 89.0 Å². The lowest BCUT2D eigenvalue weighted by molar-refractivity contribution is -0.131. The Morgan fingerprint density at radius 2 is 1.17 bits per heavy atom. The molecular weight excluding hydrogens is 384 g/mol. The molecule has 152 valence electrons.